The van der Waals surface area contributed by atoms with Gasteiger partial charge in [-0.25, -0.2) is 0 Å². The number of ketones is 1. The fraction of sp³-hybridized carbons (Fsp3) is 0.745. The van der Waals surface area contributed by atoms with E-state index in [1.807, 2.05) is 94.0 Å². The molecule has 2 aliphatic heterocycles. The molecular weight excluding hydrogens is 1060 g/mol. The summed E-state index contributed by atoms with van der Waals surface area (Å²) in [6.07, 6.45) is 6.67. The van der Waals surface area contributed by atoms with Crippen LogP contribution < -0.4 is 8.90 Å². The van der Waals surface area contributed by atoms with Crippen LogP contribution in [0.5, 0.6) is 0 Å². The van der Waals surface area contributed by atoms with Crippen molar-refractivity contribution in [1.29, 1.82) is 0 Å². The first kappa shape index (κ1) is 64.3. The molecule has 74 heavy (non-hydrogen) atoms. The van der Waals surface area contributed by atoms with Crippen LogP contribution in [0, 0.1) is 0 Å². The Morgan fingerprint density at radius 3 is 1.26 bits per heavy atom. The van der Waals surface area contributed by atoms with Gasteiger partial charge in [0.2, 0.25) is 0 Å². The maximum absolute atomic E-state index is 14.1. The number of unbranched alkanes of at least 4 members (excludes halogenated alkanes) is 3. The number of esters is 3. The molecule has 3 amide bonds. The summed E-state index contributed by atoms with van der Waals surface area (Å²) in [7, 11) is 0. The minimum atomic E-state index is -3.27. The minimum absolute atomic E-state index is 0.00763. The monoisotopic (exact) mass is 1150 g/mol. The molecule has 0 bridgehead atoms. The Balaban J connectivity index is 1.84. The summed E-state index contributed by atoms with van der Waals surface area (Å²) < 4.78 is 21.3. The average molecular weight is 1150 g/mol. The number of nitrogens with one attached hydrogen (secondary N) is 1. The molecule has 2 fully saturated rings. The van der Waals surface area contributed by atoms with Crippen LogP contribution in [0.1, 0.15) is 168 Å². The number of hydrogen-bond acceptors (Lipinski definition) is 16. The second kappa shape index (κ2) is 30.7. The number of hydroxylamine groups is 2. The number of imide groups is 1. The molecule has 1 aromatic rings. The second-order valence-corrected chi connectivity index (χ2v) is 36.4. The van der Waals surface area contributed by atoms with Gasteiger partial charge in [0.05, 0.1) is 19.6 Å². The third kappa shape index (κ3) is 24.3. The summed E-state index contributed by atoms with van der Waals surface area (Å²) >= 11 is -3.27. The first-order valence-electron chi connectivity index (χ1n) is 27.2. The van der Waals surface area contributed by atoms with E-state index in [1.54, 1.807) is 0 Å². The maximum atomic E-state index is 14.1. The zero-order valence-corrected chi connectivity index (χ0v) is 50.1. The molecule has 3 rings (SSSR count). The number of ether oxygens (including phenoxy) is 3. The van der Waals surface area contributed by atoms with E-state index >= 15 is 0 Å². The molecule has 0 aliphatic carbocycles. The van der Waals surface area contributed by atoms with Crippen LogP contribution in [0.3, 0.4) is 0 Å². The number of benzene rings is 1. The third-order valence-corrected chi connectivity index (χ3v) is 28.4. The molecule has 0 radical (unpaired) electrons. The van der Waals surface area contributed by atoms with Crippen LogP contribution in [-0.4, -0.2) is 192 Å². The van der Waals surface area contributed by atoms with Crippen LogP contribution in [-0.2, 0) is 47.8 Å². The molecule has 18 nitrogen and oxygen atoms in total. The quantitative estimate of drug-likeness (QED) is 0.0376. The Kier molecular flexibility index (Phi) is 26.7. The fourth-order valence-electron chi connectivity index (χ4n) is 9.13. The molecule has 0 unspecified atom stereocenters. The van der Waals surface area contributed by atoms with Crippen LogP contribution in [0.25, 0.3) is 0 Å². The van der Waals surface area contributed by atoms with Crippen molar-refractivity contribution in [1.82, 2.24) is 30.0 Å². The topological polar surface area (TPSA) is 202 Å². The van der Waals surface area contributed by atoms with Gasteiger partial charge in [-0.3, -0.25) is 29.1 Å². The molecule has 2 heterocycles. The normalized spacial score (nSPS) is 16.6. The number of carbonyl (C=O) groups is 8. The Morgan fingerprint density at radius 2 is 0.892 bits per heavy atom. The third-order valence-electron chi connectivity index (χ3n) is 12.8. The van der Waals surface area contributed by atoms with Gasteiger partial charge in [0.15, 0.2) is 0 Å². The SMILES string of the molecule is CCC[CH2][Sn]([CH2]CCC)([CH2]CCC)[c]1cc(C(=O)NCCCC(=O)CN2CCN(CC(=O)OC(C)(C)C)CCN(CC(=O)OC(C)(C)C)CCN(CC(=O)OC(C)(C)C)CC2)cc(C(=O)ON2C(=O)CCC2=O)c1. The van der Waals surface area contributed by atoms with Crippen molar-refractivity contribution in [2.45, 2.75) is 177 Å². The predicted octanol–water partition coefficient (Wildman–Crippen LogP) is 6.29. The molecule has 0 spiro atoms. The van der Waals surface area contributed by atoms with E-state index in [0.717, 1.165) is 55.4 Å². The van der Waals surface area contributed by atoms with E-state index in [4.69, 9.17) is 19.0 Å². The standard InChI is InChI=1S/C43H65N6O12.3C4H9.Sn/c1-41(2,3)58-36(53)28-46-20-18-45(19-21-47(29-37(54)59-42(4,5)6)23-25-48(24-22-46)30-38(55)60-43(7,8)9)27-33(50)14-11-17-44-39(56)31-12-10-13-32(26-31)40(57)61-49-34(51)15-16-35(49)52;3*1-3-4-2;/h12-13,26H,11,14-25,27-30H2,1-9H3,(H,44,56);3*1,3-4H2,2H3;. The van der Waals surface area contributed by atoms with Crippen LogP contribution in [0.2, 0.25) is 13.3 Å². The Labute approximate surface area is 446 Å². The summed E-state index contributed by atoms with van der Waals surface area (Å²) in [5, 5.41) is 3.52. The van der Waals surface area contributed by atoms with E-state index in [9.17, 15) is 38.4 Å². The summed E-state index contributed by atoms with van der Waals surface area (Å²) in [5.41, 5.74) is -1.63. The van der Waals surface area contributed by atoms with Gasteiger partial charge < -0.3 is 14.2 Å². The molecule has 0 atom stereocenters. The van der Waals surface area contributed by atoms with Crippen molar-refractivity contribution in [3.63, 3.8) is 0 Å². The zero-order valence-electron chi connectivity index (χ0n) is 47.3. The van der Waals surface area contributed by atoms with Crippen molar-refractivity contribution in [3.8, 4) is 0 Å². The van der Waals surface area contributed by atoms with Gasteiger partial charge in [0.25, 0.3) is 0 Å². The molecule has 19 heteroatoms. The van der Waals surface area contributed by atoms with Crippen molar-refractivity contribution in [2.75, 3.05) is 85.1 Å². The predicted molar refractivity (Wildman–Crippen MR) is 287 cm³/mol. The Morgan fingerprint density at radius 1 is 0.527 bits per heavy atom. The van der Waals surface area contributed by atoms with E-state index in [2.05, 4.69) is 26.1 Å². The number of hydrogen-bond donors (Lipinski definition) is 1. The zero-order chi connectivity index (χ0) is 55.3. The van der Waals surface area contributed by atoms with Crippen LogP contribution in [0.4, 0.5) is 0 Å². The summed E-state index contributed by atoms with van der Waals surface area (Å²) in [5.74, 6) is -3.62. The van der Waals surface area contributed by atoms with Gasteiger partial charge in [0, 0.05) is 39.3 Å². The van der Waals surface area contributed by atoms with Gasteiger partial charge in [-0.05, 0) is 62.3 Å². The van der Waals surface area contributed by atoms with Crippen molar-refractivity contribution in [3.05, 3.63) is 29.3 Å². The molecule has 418 valence electrons. The number of nitrogens with zero attached hydrogens (tertiary/aromatic N) is 5. The van der Waals surface area contributed by atoms with E-state index in [0.29, 0.717) is 69.4 Å². The fourth-order valence-corrected chi connectivity index (χ4v) is 25.2. The van der Waals surface area contributed by atoms with Gasteiger partial charge in [-0.15, -0.1) is 0 Å². The van der Waals surface area contributed by atoms with Crippen molar-refractivity contribution in [2.24, 2.45) is 0 Å². The summed E-state index contributed by atoms with van der Waals surface area (Å²) in [6.45, 7) is 26.5. The van der Waals surface area contributed by atoms with Crippen LogP contribution >= 0.6 is 0 Å². The van der Waals surface area contributed by atoms with E-state index in [1.165, 1.54) is 6.07 Å². The number of rotatable bonds is 25. The molecule has 1 aromatic carbocycles. The first-order valence-corrected chi connectivity index (χ1v) is 34.7. The van der Waals surface area contributed by atoms with Crippen molar-refractivity contribution >= 4 is 69.3 Å². The number of Topliss-reactive ketones (excluding diaryl/α,β-unsaturated/α-hetero) is 1. The molecule has 2 aliphatic rings. The summed E-state index contributed by atoms with van der Waals surface area (Å²) in [6, 6.07) is 5.28. The van der Waals surface area contributed by atoms with Gasteiger partial charge >= 0.3 is 267 Å². The Hall–Kier alpha value is -3.98. The van der Waals surface area contributed by atoms with Crippen molar-refractivity contribution < 1.29 is 57.4 Å². The van der Waals surface area contributed by atoms with Crippen LogP contribution in [0.15, 0.2) is 18.2 Å². The number of amides is 3. The van der Waals surface area contributed by atoms with Gasteiger partial charge in [-0.1, -0.05) is 0 Å². The molecular formula is C55H92N6O12Sn. The summed E-state index contributed by atoms with van der Waals surface area (Å²) in [4.78, 5) is 119. The molecule has 0 saturated carbocycles. The van der Waals surface area contributed by atoms with E-state index in [-0.39, 0.29) is 81.2 Å². The molecule has 0 aromatic heterocycles. The first-order chi connectivity index (χ1) is 34.6. The Bertz CT molecular complexity index is 1960. The second-order valence-electron chi connectivity index (χ2n) is 23.1. The average Bonchev–Trinajstić information content (AvgIpc) is 3.61. The number of carbonyl (C=O) groups excluding carboxylic acids is 8. The van der Waals surface area contributed by atoms with E-state index < -0.39 is 58.9 Å². The van der Waals surface area contributed by atoms with Gasteiger partial charge in [-0.2, -0.15) is 0 Å². The molecule has 1 N–H and O–H groups in total. The van der Waals surface area contributed by atoms with Gasteiger partial charge in [0.1, 0.15) is 16.8 Å². The molecule has 2 saturated heterocycles.